The Kier molecular flexibility index (Phi) is 5.69. The number of halogens is 2. The molecule has 28 heavy (non-hydrogen) atoms. The number of carbonyl (C=O) groups is 1. The summed E-state index contributed by atoms with van der Waals surface area (Å²) in [5.74, 6) is -0.137. The molecular weight excluding hydrogens is 393 g/mol. The van der Waals surface area contributed by atoms with Crippen LogP contribution in [0.3, 0.4) is 0 Å². The molecule has 0 aliphatic heterocycles. The van der Waals surface area contributed by atoms with E-state index in [1.165, 1.54) is 41.2 Å². The number of aromatic nitrogens is 1. The van der Waals surface area contributed by atoms with E-state index in [1.807, 2.05) is 0 Å². The average molecular weight is 414 g/mol. The van der Waals surface area contributed by atoms with Crippen molar-refractivity contribution in [1.29, 1.82) is 0 Å². The van der Waals surface area contributed by atoms with Gasteiger partial charge < -0.3 is 4.57 Å². The molecule has 1 aliphatic rings. The molecule has 2 aromatic carbocycles. The predicted molar refractivity (Wildman–Crippen MR) is 115 cm³/mol. The molecule has 0 radical (unpaired) electrons. The number of hydrazone groups is 1. The van der Waals surface area contributed by atoms with Gasteiger partial charge >= 0.3 is 0 Å². The van der Waals surface area contributed by atoms with Crippen LogP contribution in [0, 0.1) is 0 Å². The van der Waals surface area contributed by atoms with Crippen molar-refractivity contribution < 1.29 is 4.79 Å². The van der Waals surface area contributed by atoms with Crippen LogP contribution in [-0.4, -0.2) is 16.7 Å². The second-order valence-electron chi connectivity index (χ2n) is 6.98. The topological polar surface area (TPSA) is 46.4 Å². The summed E-state index contributed by atoms with van der Waals surface area (Å²) in [4.78, 5) is 12.3. The van der Waals surface area contributed by atoms with Gasteiger partial charge in [0.2, 0.25) is 5.91 Å². The van der Waals surface area contributed by atoms with E-state index in [9.17, 15) is 4.79 Å². The molecule has 3 aromatic rings. The van der Waals surface area contributed by atoms with Crippen molar-refractivity contribution in [2.24, 2.45) is 5.10 Å². The zero-order chi connectivity index (χ0) is 19.5. The third kappa shape index (κ3) is 3.80. The maximum atomic E-state index is 12.3. The molecule has 4 rings (SSSR count). The average Bonchev–Trinajstić information content (AvgIpc) is 3.02. The first-order chi connectivity index (χ1) is 13.6. The molecule has 144 valence electrons. The van der Waals surface area contributed by atoms with Gasteiger partial charge in [-0.2, -0.15) is 5.10 Å². The molecule has 4 nitrogen and oxygen atoms in total. The molecule has 0 saturated carbocycles. The van der Waals surface area contributed by atoms with Crippen molar-refractivity contribution in [3.05, 3.63) is 69.3 Å². The maximum absolute atomic E-state index is 12.3. The van der Waals surface area contributed by atoms with Crippen LogP contribution in [0.2, 0.25) is 10.0 Å². The molecule has 1 heterocycles. The number of nitrogens with zero attached hydrogens (tertiary/aromatic N) is 2. The van der Waals surface area contributed by atoms with Crippen molar-refractivity contribution in [3.63, 3.8) is 0 Å². The summed E-state index contributed by atoms with van der Waals surface area (Å²) < 4.78 is 2.30. The van der Waals surface area contributed by atoms with Crippen molar-refractivity contribution in [2.75, 3.05) is 0 Å². The second kappa shape index (κ2) is 8.38. The minimum atomic E-state index is -0.137. The van der Waals surface area contributed by atoms with E-state index >= 15 is 0 Å². The highest BCUT2D eigenvalue weighted by Gasteiger charge is 2.19. The van der Waals surface area contributed by atoms with Crippen LogP contribution < -0.4 is 5.43 Å². The quantitative estimate of drug-likeness (QED) is 0.443. The lowest BCUT2D eigenvalue weighted by atomic mass is 9.95. The second-order valence-corrected chi connectivity index (χ2v) is 7.79. The normalized spacial score (nSPS) is 13.8. The van der Waals surface area contributed by atoms with E-state index in [0.717, 1.165) is 12.8 Å². The molecule has 0 saturated heterocycles. The molecule has 0 bridgehead atoms. The minimum absolute atomic E-state index is 0.137. The summed E-state index contributed by atoms with van der Waals surface area (Å²) in [7, 11) is 0. The van der Waals surface area contributed by atoms with E-state index in [2.05, 4.69) is 39.4 Å². The van der Waals surface area contributed by atoms with E-state index in [4.69, 9.17) is 23.2 Å². The highest BCUT2D eigenvalue weighted by atomic mass is 35.5. The Bertz CT molecular complexity index is 1040. The molecule has 0 spiro atoms. The van der Waals surface area contributed by atoms with Gasteiger partial charge in [0.05, 0.1) is 16.3 Å². The number of fused-ring (bicyclic) bond motifs is 3. The van der Waals surface area contributed by atoms with Crippen molar-refractivity contribution >= 4 is 46.2 Å². The summed E-state index contributed by atoms with van der Waals surface area (Å²) in [6.45, 7) is 0.643. The summed E-state index contributed by atoms with van der Waals surface area (Å²) in [6, 6.07) is 13.7. The molecule has 0 unspecified atom stereocenters. The van der Waals surface area contributed by atoms with E-state index < -0.39 is 0 Å². The Morgan fingerprint density at radius 3 is 2.64 bits per heavy atom. The van der Waals surface area contributed by atoms with Gasteiger partial charge in [-0.25, -0.2) is 5.43 Å². The van der Waals surface area contributed by atoms with Gasteiger partial charge in [0.15, 0.2) is 0 Å². The molecule has 1 N–H and O–H groups in total. The molecule has 1 aliphatic carbocycles. The minimum Gasteiger partial charge on any atom is -0.344 e. The maximum Gasteiger partial charge on any atom is 0.241 e. The summed E-state index contributed by atoms with van der Waals surface area (Å²) in [5.41, 5.74) is 7.22. The SMILES string of the molecule is O=C(CCn1c2c(c3ccccc31)CCCC2)NN=Cc1c(Cl)cccc1Cl. The molecule has 0 fully saturated rings. The fraction of sp³-hybridized carbons (Fsp3) is 0.273. The molecule has 0 atom stereocenters. The van der Waals surface area contributed by atoms with Gasteiger partial charge in [-0.3, -0.25) is 4.79 Å². The largest absolute Gasteiger partial charge is 0.344 e. The van der Waals surface area contributed by atoms with Crippen LogP contribution in [0.1, 0.15) is 36.1 Å². The van der Waals surface area contributed by atoms with Crippen molar-refractivity contribution in [2.45, 2.75) is 38.6 Å². The number of benzene rings is 2. The fourth-order valence-corrected chi connectivity index (χ4v) is 4.41. The molecule has 1 aromatic heterocycles. The van der Waals surface area contributed by atoms with Gasteiger partial charge in [-0.1, -0.05) is 47.5 Å². The summed E-state index contributed by atoms with van der Waals surface area (Å²) in [5, 5.41) is 6.33. The molecule has 1 amide bonds. The molecular formula is C22H21Cl2N3O. The smallest absolute Gasteiger partial charge is 0.241 e. The standard InChI is InChI=1S/C22H21Cl2N3O/c23-18-8-5-9-19(24)17(18)14-25-26-22(28)12-13-27-20-10-3-1-6-15(20)16-7-2-4-11-21(16)27/h1,3,5-6,8-10,14H,2,4,7,11-13H2,(H,26,28). The lowest BCUT2D eigenvalue weighted by molar-refractivity contribution is -0.121. The number of amides is 1. The Morgan fingerprint density at radius 2 is 1.82 bits per heavy atom. The Balaban J connectivity index is 1.45. The first-order valence-electron chi connectivity index (χ1n) is 9.50. The van der Waals surface area contributed by atoms with Crippen molar-refractivity contribution in [1.82, 2.24) is 9.99 Å². The van der Waals surface area contributed by atoms with Gasteiger partial charge in [0, 0.05) is 35.1 Å². The van der Waals surface area contributed by atoms with Crippen LogP contribution >= 0.6 is 23.2 Å². The molecule has 6 heteroatoms. The fourth-order valence-electron chi connectivity index (χ4n) is 3.91. The lowest BCUT2D eigenvalue weighted by Gasteiger charge is -2.15. The monoisotopic (exact) mass is 413 g/mol. The summed E-state index contributed by atoms with van der Waals surface area (Å²) >= 11 is 12.2. The lowest BCUT2D eigenvalue weighted by Crippen LogP contribution is -2.20. The summed E-state index contributed by atoms with van der Waals surface area (Å²) in [6.07, 6.45) is 6.49. The number of hydrogen-bond acceptors (Lipinski definition) is 2. The van der Waals surface area contributed by atoms with Gasteiger partial charge in [0.25, 0.3) is 0 Å². The number of nitrogens with one attached hydrogen (secondary N) is 1. The van der Waals surface area contributed by atoms with E-state index in [0.29, 0.717) is 28.6 Å². The van der Waals surface area contributed by atoms with E-state index in [1.54, 1.807) is 18.2 Å². The first kappa shape index (κ1) is 19.0. The Morgan fingerprint density at radius 1 is 1.07 bits per heavy atom. The number of rotatable bonds is 5. The van der Waals surface area contributed by atoms with Crippen LogP contribution in [0.4, 0.5) is 0 Å². The predicted octanol–water partition coefficient (Wildman–Crippen LogP) is 5.37. The van der Waals surface area contributed by atoms with Crippen LogP contribution in [0.5, 0.6) is 0 Å². The number of para-hydroxylation sites is 1. The van der Waals surface area contributed by atoms with Crippen LogP contribution in [0.15, 0.2) is 47.6 Å². The zero-order valence-electron chi connectivity index (χ0n) is 15.4. The number of hydrogen-bond donors (Lipinski definition) is 1. The first-order valence-corrected chi connectivity index (χ1v) is 10.3. The zero-order valence-corrected chi connectivity index (χ0v) is 16.9. The van der Waals surface area contributed by atoms with Crippen LogP contribution in [-0.2, 0) is 24.2 Å². The Labute approximate surface area is 174 Å². The Hall–Kier alpha value is -2.30. The third-order valence-electron chi connectivity index (χ3n) is 5.23. The number of aryl methyl sites for hydroxylation is 2. The van der Waals surface area contributed by atoms with Gasteiger partial charge in [-0.05, 0) is 49.4 Å². The van der Waals surface area contributed by atoms with Crippen molar-refractivity contribution in [3.8, 4) is 0 Å². The van der Waals surface area contributed by atoms with E-state index in [-0.39, 0.29) is 5.91 Å². The number of carbonyl (C=O) groups excluding carboxylic acids is 1. The van der Waals surface area contributed by atoms with Gasteiger partial charge in [0.1, 0.15) is 0 Å². The highest BCUT2D eigenvalue weighted by Crippen LogP contribution is 2.32. The highest BCUT2D eigenvalue weighted by molar-refractivity contribution is 6.38. The van der Waals surface area contributed by atoms with Crippen LogP contribution in [0.25, 0.3) is 10.9 Å². The third-order valence-corrected chi connectivity index (χ3v) is 5.89. The van der Waals surface area contributed by atoms with Gasteiger partial charge in [-0.15, -0.1) is 0 Å².